The number of hydrogen-bond acceptors (Lipinski definition) is 0. The number of unbranched alkanes of at least 4 members (excludes halogenated alkanes) is 2. The molecule has 4 rings (SSSR count). The van der Waals surface area contributed by atoms with Gasteiger partial charge in [-0.1, -0.05) is 106 Å². The van der Waals surface area contributed by atoms with Crippen LogP contribution in [-0.4, -0.2) is 0 Å². The second-order valence-corrected chi connectivity index (χ2v) is 10.2. The molecule has 1 unspecified atom stereocenters. The van der Waals surface area contributed by atoms with E-state index in [1.807, 2.05) is 19.1 Å². The number of allylic oxidation sites excluding steroid dienone is 4. The zero-order valence-electron chi connectivity index (χ0n) is 22.3. The van der Waals surface area contributed by atoms with Crippen LogP contribution in [0.15, 0.2) is 66.8 Å². The second kappa shape index (κ2) is 13.1. The Morgan fingerprint density at radius 2 is 1.32 bits per heavy atom. The molecule has 1 aliphatic carbocycles. The molecule has 0 fully saturated rings. The fourth-order valence-electron chi connectivity index (χ4n) is 5.28. The lowest BCUT2D eigenvalue weighted by atomic mass is 9.83. The molecule has 0 aliphatic heterocycles. The molecule has 0 aromatic heterocycles. The molecule has 0 bridgehead atoms. The van der Waals surface area contributed by atoms with Crippen LogP contribution in [0.4, 0.5) is 17.6 Å². The van der Waals surface area contributed by atoms with Crippen molar-refractivity contribution < 1.29 is 17.6 Å². The van der Waals surface area contributed by atoms with Crippen LogP contribution in [0.2, 0.25) is 0 Å². The van der Waals surface area contributed by atoms with E-state index in [2.05, 4.69) is 13.0 Å². The molecule has 1 aliphatic rings. The summed E-state index contributed by atoms with van der Waals surface area (Å²) in [6.07, 6.45) is 14.5. The van der Waals surface area contributed by atoms with Crippen molar-refractivity contribution in [1.82, 2.24) is 0 Å². The maximum atomic E-state index is 15.2. The third kappa shape index (κ3) is 6.28. The van der Waals surface area contributed by atoms with Gasteiger partial charge < -0.3 is 0 Å². The molecule has 0 heterocycles. The highest BCUT2D eigenvalue weighted by atomic mass is 19.2. The molecule has 4 heteroatoms. The van der Waals surface area contributed by atoms with Crippen molar-refractivity contribution >= 4 is 5.57 Å². The first-order chi connectivity index (χ1) is 18.4. The summed E-state index contributed by atoms with van der Waals surface area (Å²) in [6.45, 7) is 4.17. The number of benzene rings is 3. The van der Waals surface area contributed by atoms with Gasteiger partial charge in [0.2, 0.25) is 0 Å². The Morgan fingerprint density at radius 3 is 1.92 bits per heavy atom. The molecular formula is C34H36F4. The van der Waals surface area contributed by atoms with Gasteiger partial charge >= 0.3 is 0 Å². The fourth-order valence-corrected chi connectivity index (χ4v) is 5.28. The van der Waals surface area contributed by atoms with Gasteiger partial charge in [-0.3, -0.25) is 0 Å². The highest BCUT2D eigenvalue weighted by molar-refractivity contribution is 5.74. The molecule has 0 N–H and O–H groups in total. The lowest BCUT2D eigenvalue weighted by molar-refractivity contribution is 0.427. The molecule has 3 aromatic carbocycles. The van der Waals surface area contributed by atoms with Gasteiger partial charge in [-0.2, -0.15) is 0 Å². The van der Waals surface area contributed by atoms with Crippen molar-refractivity contribution in [3.8, 4) is 22.3 Å². The van der Waals surface area contributed by atoms with Crippen molar-refractivity contribution in [3.05, 3.63) is 101 Å². The summed E-state index contributed by atoms with van der Waals surface area (Å²) in [5, 5.41) is 0. The van der Waals surface area contributed by atoms with Gasteiger partial charge in [0, 0.05) is 16.7 Å². The normalized spacial score (nSPS) is 15.7. The first-order valence-electron chi connectivity index (χ1n) is 13.8. The van der Waals surface area contributed by atoms with Crippen molar-refractivity contribution in [2.75, 3.05) is 0 Å². The molecule has 1 atom stereocenters. The van der Waals surface area contributed by atoms with E-state index in [0.29, 0.717) is 34.6 Å². The Labute approximate surface area is 224 Å². The Balaban J connectivity index is 1.51. The summed E-state index contributed by atoms with van der Waals surface area (Å²) in [7, 11) is 0. The van der Waals surface area contributed by atoms with Gasteiger partial charge in [0.05, 0.1) is 0 Å². The highest BCUT2D eigenvalue weighted by Gasteiger charge is 2.21. The lowest BCUT2D eigenvalue weighted by Gasteiger charge is -2.22. The van der Waals surface area contributed by atoms with Gasteiger partial charge in [0.1, 0.15) is 0 Å². The monoisotopic (exact) mass is 520 g/mol. The number of hydrogen-bond donors (Lipinski definition) is 0. The van der Waals surface area contributed by atoms with E-state index in [-0.39, 0.29) is 11.1 Å². The quantitative estimate of drug-likeness (QED) is 0.142. The molecule has 0 amide bonds. The molecule has 0 nitrogen and oxygen atoms in total. The summed E-state index contributed by atoms with van der Waals surface area (Å²) in [4.78, 5) is 0. The molecule has 0 radical (unpaired) electrons. The molecule has 38 heavy (non-hydrogen) atoms. The minimum atomic E-state index is -0.907. The second-order valence-electron chi connectivity index (χ2n) is 10.2. The van der Waals surface area contributed by atoms with Gasteiger partial charge in [0.15, 0.2) is 23.3 Å². The Morgan fingerprint density at radius 1 is 0.711 bits per heavy atom. The van der Waals surface area contributed by atoms with E-state index in [9.17, 15) is 8.78 Å². The molecule has 0 saturated carbocycles. The van der Waals surface area contributed by atoms with E-state index in [1.54, 1.807) is 48.5 Å². The van der Waals surface area contributed by atoms with Crippen LogP contribution < -0.4 is 0 Å². The molecule has 3 aromatic rings. The standard InChI is InChI=1S/C34H36F4/c1-3-5-7-9-23-11-13-24(14-12-23)29-21-22-30(34(38)33(29)37)26-17-15-25(16-18-26)28-20-19-27(10-8-6-4-2)31(35)32(28)36/h6,8,13,15-23H,3-5,7,9-12,14H2,1-2H3/b8-6-. The summed E-state index contributed by atoms with van der Waals surface area (Å²) in [5.41, 5.74) is 2.74. The van der Waals surface area contributed by atoms with Crippen molar-refractivity contribution in [3.63, 3.8) is 0 Å². The van der Waals surface area contributed by atoms with E-state index in [0.717, 1.165) is 31.3 Å². The van der Waals surface area contributed by atoms with Crippen molar-refractivity contribution in [1.29, 1.82) is 0 Å². The molecule has 0 spiro atoms. The maximum absolute atomic E-state index is 15.2. The molecule has 200 valence electrons. The van der Waals surface area contributed by atoms with Crippen LogP contribution in [0.3, 0.4) is 0 Å². The van der Waals surface area contributed by atoms with Crippen molar-refractivity contribution in [2.24, 2.45) is 5.92 Å². The van der Waals surface area contributed by atoms with E-state index in [1.165, 1.54) is 25.7 Å². The topological polar surface area (TPSA) is 0 Å². The van der Waals surface area contributed by atoms with E-state index < -0.39 is 23.3 Å². The van der Waals surface area contributed by atoms with Crippen LogP contribution in [0.25, 0.3) is 27.8 Å². The van der Waals surface area contributed by atoms with Gasteiger partial charge in [-0.05, 0) is 60.3 Å². The zero-order chi connectivity index (χ0) is 27.1. The zero-order valence-corrected chi connectivity index (χ0v) is 22.3. The van der Waals surface area contributed by atoms with Gasteiger partial charge in [-0.15, -0.1) is 0 Å². The predicted octanol–water partition coefficient (Wildman–Crippen LogP) is 10.8. The SMILES string of the molecule is CC/C=C\Cc1ccc(-c2ccc(-c3ccc(C4=CCC(CCCCC)CC4)c(F)c3F)cc2)c(F)c1F. The first kappa shape index (κ1) is 27.9. The fraction of sp³-hybridized carbons (Fsp3) is 0.353. The minimum absolute atomic E-state index is 0.136. The maximum Gasteiger partial charge on any atom is 0.167 e. The summed E-state index contributed by atoms with van der Waals surface area (Å²) in [6, 6.07) is 12.9. The van der Waals surface area contributed by atoms with E-state index in [4.69, 9.17) is 0 Å². The minimum Gasteiger partial charge on any atom is -0.203 e. The summed E-state index contributed by atoms with van der Waals surface area (Å²) in [5.74, 6) is -2.86. The van der Waals surface area contributed by atoms with Crippen LogP contribution in [0.5, 0.6) is 0 Å². The number of halogens is 4. The highest BCUT2D eigenvalue weighted by Crippen LogP contribution is 2.37. The number of rotatable bonds is 10. The lowest BCUT2D eigenvalue weighted by Crippen LogP contribution is -2.07. The Bertz CT molecular complexity index is 1300. The third-order valence-electron chi connectivity index (χ3n) is 7.57. The van der Waals surface area contributed by atoms with Crippen LogP contribution in [0, 0.1) is 29.2 Å². The van der Waals surface area contributed by atoms with Gasteiger partial charge in [-0.25, -0.2) is 17.6 Å². The van der Waals surface area contributed by atoms with Crippen LogP contribution in [0.1, 0.15) is 76.3 Å². The largest absolute Gasteiger partial charge is 0.203 e. The average Bonchev–Trinajstić information content (AvgIpc) is 2.94. The first-order valence-corrected chi connectivity index (χ1v) is 13.8. The Kier molecular flexibility index (Phi) is 9.60. The van der Waals surface area contributed by atoms with Gasteiger partial charge in [0.25, 0.3) is 0 Å². The third-order valence-corrected chi connectivity index (χ3v) is 7.57. The van der Waals surface area contributed by atoms with Crippen LogP contribution >= 0.6 is 0 Å². The molecule has 0 saturated heterocycles. The smallest absolute Gasteiger partial charge is 0.167 e. The summed E-state index contributed by atoms with van der Waals surface area (Å²) < 4.78 is 59.7. The average molecular weight is 521 g/mol. The summed E-state index contributed by atoms with van der Waals surface area (Å²) >= 11 is 0. The Hall–Kier alpha value is -3.14. The van der Waals surface area contributed by atoms with Crippen LogP contribution in [-0.2, 0) is 6.42 Å². The molecular weight excluding hydrogens is 484 g/mol. The predicted molar refractivity (Wildman–Crippen MR) is 150 cm³/mol. The van der Waals surface area contributed by atoms with Crippen molar-refractivity contribution in [2.45, 2.75) is 71.6 Å². The van der Waals surface area contributed by atoms with E-state index >= 15 is 8.78 Å².